The van der Waals surface area contributed by atoms with E-state index in [1.54, 1.807) is 6.08 Å². The maximum absolute atomic E-state index is 11.0. The van der Waals surface area contributed by atoms with E-state index in [9.17, 15) is 4.79 Å². The SMILES string of the molecule is C=CC(C)(CCC=C(C)CCC=C(C)C)OC(C)=O. The third kappa shape index (κ3) is 9.29. The standard InChI is InChI=1S/C17H28O2/c1-7-17(6,19-16(5)18)13-9-12-15(4)11-8-10-14(2)3/h7,10,12H,1,8-9,11,13H2,2-6H3. The lowest BCUT2D eigenvalue weighted by atomic mass is 9.98. The molecule has 0 heterocycles. The van der Waals surface area contributed by atoms with Gasteiger partial charge in [-0.05, 0) is 59.5 Å². The van der Waals surface area contributed by atoms with Gasteiger partial charge in [-0.25, -0.2) is 0 Å². The maximum atomic E-state index is 11.0. The zero-order chi connectivity index (χ0) is 14.9. The van der Waals surface area contributed by atoms with Gasteiger partial charge in [-0.15, -0.1) is 0 Å². The summed E-state index contributed by atoms with van der Waals surface area (Å²) in [6, 6.07) is 0. The highest BCUT2D eigenvalue weighted by Crippen LogP contribution is 2.20. The molecular formula is C17H28O2. The molecule has 1 atom stereocenters. The Hall–Kier alpha value is -1.31. The summed E-state index contributed by atoms with van der Waals surface area (Å²) in [5.41, 5.74) is 2.19. The summed E-state index contributed by atoms with van der Waals surface area (Å²) in [6.07, 6.45) is 10.0. The van der Waals surface area contributed by atoms with Crippen molar-refractivity contribution in [1.82, 2.24) is 0 Å². The molecule has 0 spiro atoms. The molecule has 0 bridgehead atoms. The van der Waals surface area contributed by atoms with Gasteiger partial charge in [0.25, 0.3) is 0 Å². The fraction of sp³-hybridized carbons (Fsp3) is 0.588. The Morgan fingerprint density at radius 3 is 2.26 bits per heavy atom. The second-order valence-corrected chi connectivity index (χ2v) is 5.52. The van der Waals surface area contributed by atoms with E-state index in [0.717, 1.165) is 25.7 Å². The van der Waals surface area contributed by atoms with E-state index >= 15 is 0 Å². The highest BCUT2D eigenvalue weighted by atomic mass is 16.6. The average molecular weight is 264 g/mol. The van der Waals surface area contributed by atoms with E-state index in [1.807, 2.05) is 6.92 Å². The van der Waals surface area contributed by atoms with Gasteiger partial charge in [0.15, 0.2) is 0 Å². The van der Waals surface area contributed by atoms with Gasteiger partial charge in [0.05, 0.1) is 0 Å². The summed E-state index contributed by atoms with van der Waals surface area (Å²) in [5, 5.41) is 0. The number of ether oxygens (including phenoxy) is 1. The smallest absolute Gasteiger partial charge is 0.303 e. The Morgan fingerprint density at radius 2 is 1.79 bits per heavy atom. The fourth-order valence-corrected chi connectivity index (χ4v) is 1.82. The molecular weight excluding hydrogens is 236 g/mol. The fourth-order valence-electron chi connectivity index (χ4n) is 1.82. The van der Waals surface area contributed by atoms with Crippen molar-refractivity contribution in [3.63, 3.8) is 0 Å². The quantitative estimate of drug-likeness (QED) is 0.457. The van der Waals surface area contributed by atoms with Gasteiger partial charge in [-0.3, -0.25) is 4.79 Å². The molecule has 2 nitrogen and oxygen atoms in total. The molecule has 0 aliphatic rings. The van der Waals surface area contributed by atoms with E-state index in [2.05, 4.69) is 39.5 Å². The lowest BCUT2D eigenvalue weighted by Gasteiger charge is -2.24. The summed E-state index contributed by atoms with van der Waals surface area (Å²) in [6.45, 7) is 13.5. The lowest BCUT2D eigenvalue weighted by molar-refractivity contribution is -0.151. The van der Waals surface area contributed by atoms with Crippen LogP contribution in [-0.2, 0) is 9.53 Å². The zero-order valence-electron chi connectivity index (χ0n) is 13.1. The zero-order valence-corrected chi connectivity index (χ0v) is 13.1. The first-order chi connectivity index (χ1) is 8.79. The Bertz CT molecular complexity index is 359. The van der Waals surface area contributed by atoms with E-state index < -0.39 is 5.60 Å². The Labute approximate surface area is 118 Å². The minimum atomic E-state index is -0.553. The molecule has 0 amide bonds. The van der Waals surface area contributed by atoms with Crippen LogP contribution in [0, 0.1) is 0 Å². The van der Waals surface area contributed by atoms with Crippen molar-refractivity contribution in [2.75, 3.05) is 0 Å². The second kappa shape index (κ2) is 8.73. The minimum absolute atomic E-state index is 0.258. The molecule has 0 aliphatic heterocycles. The molecule has 0 saturated carbocycles. The molecule has 108 valence electrons. The van der Waals surface area contributed by atoms with Crippen LogP contribution in [0.2, 0.25) is 0 Å². The molecule has 0 aromatic carbocycles. The van der Waals surface area contributed by atoms with E-state index in [4.69, 9.17) is 4.74 Å². The largest absolute Gasteiger partial charge is 0.455 e. The normalized spacial score (nSPS) is 14.5. The first-order valence-corrected chi connectivity index (χ1v) is 6.91. The number of carbonyl (C=O) groups excluding carboxylic acids is 1. The molecule has 0 aromatic rings. The highest BCUT2D eigenvalue weighted by Gasteiger charge is 2.22. The summed E-state index contributed by atoms with van der Waals surface area (Å²) in [5.74, 6) is -0.258. The molecule has 19 heavy (non-hydrogen) atoms. The van der Waals surface area contributed by atoms with Crippen molar-refractivity contribution < 1.29 is 9.53 Å². The minimum Gasteiger partial charge on any atom is -0.455 e. The third-order valence-electron chi connectivity index (χ3n) is 3.03. The maximum Gasteiger partial charge on any atom is 0.303 e. The third-order valence-corrected chi connectivity index (χ3v) is 3.03. The van der Waals surface area contributed by atoms with Crippen LogP contribution < -0.4 is 0 Å². The number of allylic oxidation sites excluding steroid dienone is 4. The van der Waals surface area contributed by atoms with Crippen LogP contribution in [0.25, 0.3) is 0 Å². The van der Waals surface area contributed by atoms with Crippen LogP contribution in [-0.4, -0.2) is 11.6 Å². The van der Waals surface area contributed by atoms with E-state index in [0.29, 0.717) is 0 Å². The van der Waals surface area contributed by atoms with Gasteiger partial charge in [0.2, 0.25) is 0 Å². The average Bonchev–Trinajstić information content (AvgIpc) is 2.27. The van der Waals surface area contributed by atoms with Crippen molar-refractivity contribution >= 4 is 5.97 Å². The first-order valence-electron chi connectivity index (χ1n) is 6.91. The molecule has 0 N–H and O–H groups in total. The molecule has 0 radical (unpaired) electrons. The van der Waals surface area contributed by atoms with Crippen LogP contribution in [0.5, 0.6) is 0 Å². The molecule has 0 fully saturated rings. The van der Waals surface area contributed by atoms with Crippen molar-refractivity contribution in [3.05, 3.63) is 36.0 Å². The molecule has 1 unspecified atom stereocenters. The monoisotopic (exact) mass is 264 g/mol. The van der Waals surface area contributed by atoms with Crippen molar-refractivity contribution in [3.8, 4) is 0 Å². The van der Waals surface area contributed by atoms with Gasteiger partial charge in [-0.1, -0.05) is 29.9 Å². The number of rotatable bonds is 8. The van der Waals surface area contributed by atoms with Crippen molar-refractivity contribution in [1.29, 1.82) is 0 Å². The van der Waals surface area contributed by atoms with Crippen molar-refractivity contribution in [2.45, 2.75) is 65.9 Å². The van der Waals surface area contributed by atoms with Crippen LogP contribution in [0.1, 0.15) is 60.3 Å². The van der Waals surface area contributed by atoms with Crippen LogP contribution in [0.4, 0.5) is 0 Å². The number of carbonyl (C=O) groups is 1. The Balaban J connectivity index is 4.20. The summed E-state index contributed by atoms with van der Waals surface area (Å²) in [7, 11) is 0. The number of hydrogen-bond acceptors (Lipinski definition) is 2. The van der Waals surface area contributed by atoms with Crippen LogP contribution in [0.3, 0.4) is 0 Å². The van der Waals surface area contributed by atoms with Gasteiger partial charge in [-0.2, -0.15) is 0 Å². The lowest BCUT2D eigenvalue weighted by Crippen LogP contribution is -2.27. The molecule has 0 aromatic heterocycles. The van der Waals surface area contributed by atoms with Gasteiger partial charge in [0, 0.05) is 6.92 Å². The van der Waals surface area contributed by atoms with Crippen molar-refractivity contribution in [2.24, 2.45) is 0 Å². The predicted octanol–water partition coefficient (Wildman–Crippen LogP) is 4.97. The van der Waals surface area contributed by atoms with Gasteiger partial charge >= 0.3 is 5.97 Å². The molecule has 2 heteroatoms. The molecule has 0 rings (SSSR count). The van der Waals surface area contributed by atoms with E-state index in [1.165, 1.54) is 18.1 Å². The topological polar surface area (TPSA) is 26.3 Å². The first kappa shape index (κ1) is 17.7. The van der Waals surface area contributed by atoms with Gasteiger partial charge < -0.3 is 4.74 Å². The van der Waals surface area contributed by atoms with Crippen LogP contribution in [0.15, 0.2) is 36.0 Å². The number of hydrogen-bond donors (Lipinski definition) is 0. The van der Waals surface area contributed by atoms with Gasteiger partial charge in [0.1, 0.15) is 5.60 Å². The van der Waals surface area contributed by atoms with E-state index in [-0.39, 0.29) is 5.97 Å². The predicted molar refractivity (Wildman–Crippen MR) is 82.0 cm³/mol. The summed E-state index contributed by atoms with van der Waals surface area (Å²) < 4.78 is 5.29. The molecule has 0 saturated heterocycles. The second-order valence-electron chi connectivity index (χ2n) is 5.52. The Morgan fingerprint density at radius 1 is 1.16 bits per heavy atom. The molecule has 0 aliphatic carbocycles. The summed E-state index contributed by atoms with van der Waals surface area (Å²) >= 11 is 0. The highest BCUT2D eigenvalue weighted by molar-refractivity contribution is 5.66. The summed E-state index contributed by atoms with van der Waals surface area (Å²) in [4.78, 5) is 11.0. The number of esters is 1. The Kier molecular flexibility index (Phi) is 8.13. The van der Waals surface area contributed by atoms with Crippen LogP contribution >= 0.6 is 0 Å².